The molecule has 0 amide bonds. The Bertz CT molecular complexity index is 1760. The monoisotopic (exact) mass is 500 g/mol. The molecule has 0 unspecified atom stereocenters. The summed E-state index contributed by atoms with van der Waals surface area (Å²) in [7, 11) is 0. The van der Waals surface area contributed by atoms with Gasteiger partial charge in [-0.05, 0) is 86.0 Å². The summed E-state index contributed by atoms with van der Waals surface area (Å²) in [5.41, 5.74) is 25.6. The van der Waals surface area contributed by atoms with E-state index in [9.17, 15) is 0 Å². The van der Waals surface area contributed by atoms with Gasteiger partial charge in [-0.1, -0.05) is 115 Å². The SMILES string of the molecule is Nc1ccc(-c2ccc(N)cc2-c2ccc3c(c2)-c2ccccc2C3(c2ccccc2)c2ccccc2)cc1. The molecule has 0 aromatic heterocycles. The largest absolute Gasteiger partial charge is 0.399 e. The lowest BCUT2D eigenvalue weighted by molar-refractivity contribution is 0.768. The molecule has 1 aliphatic rings. The van der Waals surface area contributed by atoms with E-state index in [1.165, 1.54) is 33.4 Å². The predicted molar refractivity (Wildman–Crippen MR) is 163 cm³/mol. The van der Waals surface area contributed by atoms with E-state index in [0.717, 1.165) is 33.6 Å². The lowest BCUT2D eigenvalue weighted by Gasteiger charge is -2.33. The van der Waals surface area contributed by atoms with Gasteiger partial charge >= 0.3 is 0 Å². The van der Waals surface area contributed by atoms with Crippen molar-refractivity contribution in [1.82, 2.24) is 0 Å². The standard InChI is InChI=1S/C37H28N2/c38-29-18-15-25(16-19-29)31-21-20-30(39)24-33(31)26-17-22-36-34(23-26)32-13-7-8-14-35(32)37(36,27-9-3-1-4-10-27)28-11-5-2-6-12-28/h1-24H,38-39H2. The fourth-order valence-electron chi connectivity index (χ4n) is 6.33. The van der Waals surface area contributed by atoms with Crippen LogP contribution in [0.1, 0.15) is 22.3 Å². The summed E-state index contributed by atoms with van der Waals surface area (Å²) in [5.74, 6) is 0. The average Bonchev–Trinajstić information content (AvgIpc) is 3.29. The first-order valence-electron chi connectivity index (χ1n) is 13.3. The second kappa shape index (κ2) is 9.04. The highest BCUT2D eigenvalue weighted by Crippen LogP contribution is 2.56. The molecular weight excluding hydrogens is 472 g/mol. The number of nitrogen functional groups attached to an aromatic ring is 2. The summed E-state index contributed by atoms with van der Waals surface area (Å²) in [4.78, 5) is 0. The van der Waals surface area contributed by atoms with E-state index in [1.54, 1.807) is 0 Å². The van der Waals surface area contributed by atoms with Crippen molar-refractivity contribution in [3.05, 3.63) is 168 Å². The molecule has 4 N–H and O–H groups in total. The van der Waals surface area contributed by atoms with Crippen LogP contribution in [0, 0.1) is 0 Å². The van der Waals surface area contributed by atoms with Crippen LogP contribution in [0.15, 0.2) is 146 Å². The van der Waals surface area contributed by atoms with Gasteiger partial charge in [0.2, 0.25) is 0 Å². The van der Waals surface area contributed by atoms with Crippen LogP contribution in [-0.4, -0.2) is 0 Å². The molecule has 0 saturated carbocycles. The van der Waals surface area contributed by atoms with E-state index in [1.807, 2.05) is 18.2 Å². The van der Waals surface area contributed by atoms with Crippen molar-refractivity contribution in [2.45, 2.75) is 5.41 Å². The lowest BCUT2D eigenvalue weighted by atomic mass is 9.67. The molecular formula is C37H28N2. The van der Waals surface area contributed by atoms with Gasteiger partial charge in [-0.3, -0.25) is 0 Å². The third-order valence-electron chi connectivity index (χ3n) is 8.03. The minimum absolute atomic E-state index is 0.400. The number of hydrogen-bond acceptors (Lipinski definition) is 2. The van der Waals surface area contributed by atoms with Gasteiger partial charge in [0.25, 0.3) is 0 Å². The smallest absolute Gasteiger partial charge is 0.0713 e. The summed E-state index contributed by atoms with van der Waals surface area (Å²) < 4.78 is 0. The molecule has 39 heavy (non-hydrogen) atoms. The van der Waals surface area contributed by atoms with E-state index < -0.39 is 5.41 Å². The average molecular weight is 501 g/mol. The van der Waals surface area contributed by atoms with Crippen molar-refractivity contribution in [3.8, 4) is 33.4 Å². The normalized spacial score (nSPS) is 13.0. The first kappa shape index (κ1) is 23.1. The minimum Gasteiger partial charge on any atom is -0.399 e. The van der Waals surface area contributed by atoms with Crippen molar-refractivity contribution < 1.29 is 0 Å². The zero-order valence-corrected chi connectivity index (χ0v) is 21.5. The molecule has 2 heteroatoms. The molecule has 0 bridgehead atoms. The van der Waals surface area contributed by atoms with Crippen LogP contribution in [0.5, 0.6) is 0 Å². The summed E-state index contributed by atoms with van der Waals surface area (Å²) in [6, 6.07) is 51.7. The zero-order chi connectivity index (χ0) is 26.4. The number of fused-ring (bicyclic) bond motifs is 3. The van der Waals surface area contributed by atoms with Crippen LogP contribution in [0.3, 0.4) is 0 Å². The van der Waals surface area contributed by atoms with Crippen LogP contribution in [0.4, 0.5) is 11.4 Å². The third kappa shape index (κ3) is 3.57. The molecule has 2 nitrogen and oxygen atoms in total. The van der Waals surface area contributed by atoms with Gasteiger partial charge in [0.1, 0.15) is 0 Å². The molecule has 0 fully saturated rings. The Morgan fingerprint density at radius 1 is 0.359 bits per heavy atom. The van der Waals surface area contributed by atoms with Crippen molar-refractivity contribution >= 4 is 11.4 Å². The van der Waals surface area contributed by atoms with Crippen LogP contribution in [0.2, 0.25) is 0 Å². The highest BCUT2D eigenvalue weighted by atomic mass is 14.5. The van der Waals surface area contributed by atoms with Gasteiger partial charge in [0, 0.05) is 11.4 Å². The molecule has 0 spiro atoms. The minimum atomic E-state index is -0.400. The molecule has 6 aromatic carbocycles. The first-order chi connectivity index (χ1) is 19.2. The Hall–Kier alpha value is -5.08. The van der Waals surface area contributed by atoms with Crippen LogP contribution in [0.25, 0.3) is 33.4 Å². The quantitative estimate of drug-likeness (QED) is 0.238. The Morgan fingerprint density at radius 3 is 1.62 bits per heavy atom. The number of anilines is 2. The van der Waals surface area contributed by atoms with Crippen LogP contribution >= 0.6 is 0 Å². The Kier molecular flexibility index (Phi) is 5.35. The summed E-state index contributed by atoms with van der Waals surface area (Å²) in [5, 5.41) is 0. The van der Waals surface area contributed by atoms with Gasteiger partial charge in [-0.2, -0.15) is 0 Å². The maximum atomic E-state index is 6.33. The Balaban J connectivity index is 1.51. The second-order valence-electron chi connectivity index (χ2n) is 10.2. The number of nitrogens with two attached hydrogens (primary N) is 2. The molecule has 0 atom stereocenters. The van der Waals surface area contributed by atoms with Gasteiger partial charge in [-0.15, -0.1) is 0 Å². The fraction of sp³-hybridized carbons (Fsp3) is 0.0270. The lowest BCUT2D eigenvalue weighted by Crippen LogP contribution is -2.28. The Morgan fingerprint density at radius 2 is 0.923 bits per heavy atom. The number of hydrogen-bond donors (Lipinski definition) is 2. The van der Waals surface area contributed by atoms with E-state index >= 15 is 0 Å². The molecule has 7 rings (SSSR count). The predicted octanol–water partition coefficient (Wildman–Crippen LogP) is 8.55. The maximum Gasteiger partial charge on any atom is 0.0713 e. The topological polar surface area (TPSA) is 52.0 Å². The van der Waals surface area contributed by atoms with Gasteiger partial charge < -0.3 is 11.5 Å². The highest BCUT2D eigenvalue weighted by molar-refractivity contribution is 5.92. The Labute approximate surface area is 229 Å². The molecule has 0 heterocycles. The first-order valence-corrected chi connectivity index (χ1v) is 13.3. The molecule has 0 saturated heterocycles. The molecule has 6 aromatic rings. The van der Waals surface area contributed by atoms with E-state index in [0.29, 0.717) is 0 Å². The number of benzene rings is 6. The molecule has 186 valence electrons. The number of rotatable bonds is 4. The van der Waals surface area contributed by atoms with Crippen molar-refractivity contribution in [1.29, 1.82) is 0 Å². The second-order valence-corrected chi connectivity index (χ2v) is 10.2. The van der Waals surface area contributed by atoms with E-state index in [-0.39, 0.29) is 0 Å². The molecule has 1 aliphatic carbocycles. The summed E-state index contributed by atoms with van der Waals surface area (Å²) >= 11 is 0. The van der Waals surface area contributed by atoms with Crippen LogP contribution in [-0.2, 0) is 5.41 Å². The van der Waals surface area contributed by atoms with Gasteiger partial charge in [0.15, 0.2) is 0 Å². The zero-order valence-electron chi connectivity index (χ0n) is 21.5. The summed E-state index contributed by atoms with van der Waals surface area (Å²) in [6.07, 6.45) is 0. The molecule has 0 aliphatic heterocycles. The van der Waals surface area contributed by atoms with Gasteiger partial charge in [0.05, 0.1) is 5.41 Å². The molecule has 0 radical (unpaired) electrons. The summed E-state index contributed by atoms with van der Waals surface area (Å²) in [6.45, 7) is 0. The fourth-order valence-corrected chi connectivity index (χ4v) is 6.33. The van der Waals surface area contributed by atoms with Crippen LogP contribution < -0.4 is 11.5 Å². The highest BCUT2D eigenvalue weighted by Gasteiger charge is 2.45. The van der Waals surface area contributed by atoms with Gasteiger partial charge in [-0.25, -0.2) is 0 Å². The third-order valence-corrected chi connectivity index (χ3v) is 8.03. The maximum absolute atomic E-state index is 6.33. The van der Waals surface area contributed by atoms with Crippen molar-refractivity contribution in [2.24, 2.45) is 0 Å². The van der Waals surface area contributed by atoms with Crippen molar-refractivity contribution in [3.63, 3.8) is 0 Å². The van der Waals surface area contributed by atoms with E-state index in [2.05, 4.69) is 127 Å². The van der Waals surface area contributed by atoms with E-state index in [4.69, 9.17) is 11.5 Å². The van der Waals surface area contributed by atoms with Crippen molar-refractivity contribution in [2.75, 3.05) is 11.5 Å².